The highest BCUT2D eigenvalue weighted by Gasteiger charge is 2.29. The average Bonchev–Trinajstić information content (AvgIpc) is 2.65. The zero-order chi connectivity index (χ0) is 11.4. The second-order valence-electron chi connectivity index (χ2n) is 4.22. The van der Waals surface area contributed by atoms with Crippen LogP contribution in [0.4, 0.5) is 0 Å². The summed E-state index contributed by atoms with van der Waals surface area (Å²) in [6.45, 7) is 5.39. The van der Waals surface area contributed by atoms with Crippen LogP contribution in [0.1, 0.15) is 20.3 Å². The molecule has 0 saturated carbocycles. The number of carbonyl (C=O) groups excluding carboxylic acids is 2. The van der Waals surface area contributed by atoms with Gasteiger partial charge < -0.3 is 16.0 Å². The molecule has 0 spiro atoms. The van der Waals surface area contributed by atoms with E-state index in [-0.39, 0.29) is 24.4 Å². The van der Waals surface area contributed by atoms with E-state index in [9.17, 15) is 9.59 Å². The van der Waals surface area contributed by atoms with Crippen LogP contribution >= 0.6 is 0 Å². The van der Waals surface area contributed by atoms with Gasteiger partial charge in [0.05, 0.1) is 12.5 Å². The monoisotopic (exact) mass is 213 g/mol. The van der Waals surface area contributed by atoms with E-state index >= 15 is 0 Å². The summed E-state index contributed by atoms with van der Waals surface area (Å²) in [5.41, 5.74) is 5.12. The van der Waals surface area contributed by atoms with E-state index in [0.29, 0.717) is 6.54 Å². The van der Waals surface area contributed by atoms with Gasteiger partial charge in [-0.15, -0.1) is 0 Å². The molecular formula is C10H19N3O2. The van der Waals surface area contributed by atoms with Crippen molar-refractivity contribution in [1.82, 2.24) is 10.2 Å². The van der Waals surface area contributed by atoms with Crippen molar-refractivity contribution in [2.45, 2.75) is 26.3 Å². The molecule has 1 rings (SSSR count). The summed E-state index contributed by atoms with van der Waals surface area (Å²) in [5.74, 6) is -0.413. The quantitative estimate of drug-likeness (QED) is 0.649. The van der Waals surface area contributed by atoms with E-state index in [4.69, 9.17) is 5.73 Å². The largest absolute Gasteiger partial charge is 0.368 e. The number of nitrogens with one attached hydrogen (secondary N) is 1. The van der Waals surface area contributed by atoms with Crippen molar-refractivity contribution in [1.29, 1.82) is 0 Å². The van der Waals surface area contributed by atoms with Crippen molar-refractivity contribution in [2.75, 3.05) is 19.6 Å². The molecule has 1 aliphatic rings. The predicted molar refractivity (Wildman–Crippen MR) is 57.0 cm³/mol. The van der Waals surface area contributed by atoms with Gasteiger partial charge in [0, 0.05) is 12.6 Å². The summed E-state index contributed by atoms with van der Waals surface area (Å²) >= 11 is 0. The second-order valence-corrected chi connectivity index (χ2v) is 4.22. The smallest absolute Gasteiger partial charge is 0.237 e. The van der Waals surface area contributed by atoms with E-state index in [1.165, 1.54) is 0 Å². The van der Waals surface area contributed by atoms with Crippen molar-refractivity contribution in [3.8, 4) is 0 Å². The topological polar surface area (TPSA) is 75.4 Å². The van der Waals surface area contributed by atoms with Gasteiger partial charge in [-0.3, -0.25) is 9.59 Å². The lowest BCUT2D eigenvalue weighted by atomic mass is 10.1. The molecule has 2 amide bonds. The molecule has 0 aliphatic carbocycles. The first-order chi connectivity index (χ1) is 7.02. The summed E-state index contributed by atoms with van der Waals surface area (Å²) < 4.78 is 0. The van der Waals surface area contributed by atoms with Crippen molar-refractivity contribution >= 4 is 11.8 Å². The molecule has 5 nitrogen and oxygen atoms in total. The number of nitrogens with two attached hydrogens (primary N) is 1. The maximum Gasteiger partial charge on any atom is 0.237 e. The van der Waals surface area contributed by atoms with Crippen LogP contribution in [0.15, 0.2) is 0 Å². The van der Waals surface area contributed by atoms with Gasteiger partial charge in [-0.05, 0) is 26.8 Å². The zero-order valence-corrected chi connectivity index (χ0v) is 9.32. The van der Waals surface area contributed by atoms with Crippen LogP contribution in [0.5, 0.6) is 0 Å². The standard InChI is InChI=1S/C10H19N3O2/c1-7(2)13(6-9(11)14)10(15)8-3-4-12-5-8/h7-8,12H,3-6H2,1-2H3,(H2,11,14)/t8-/m1/s1. The maximum atomic E-state index is 12.0. The summed E-state index contributed by atoms with van der Waals surface area (Å²) in [4.78, 5) is 24.4. The molecule has 0 radical (unpaired) electrons. The van der Waals surface area contributed by atoms with E-state index < -0.39 is 5.91 Å². The van der Waals surface area contributed by atoms with E-state index in [0.717, 1.165) is 13.0 Å². The zero-order valence-electron chi connectivity index (χ0n) is 9.32. The average molecular weight is 213 g/mol. The molecular weight excluding hydrogens is 194 g/mol. The maximum absolute atomic E-state index is 12.0. The number of nitrogens with zero attached hydrogens (tertiary/aromatic N) is 1. The molecule has 5 heteroatoms. The van der Waals surface area contributed by atoms with Crippen LogP contribution in [-0.2, 0) is 9.59 Å². The Labute approximate surface area is 90.0 Å². The fourth-order valence-corrected chi connectivity index (χ4v) is 1.78. The van der Waals surface area contributed by atoms with E-state index in [1.54, 1.807) is 4.90 Å². The molecule has 0 bridgehead atoms. The van der Waals surface area contributed by atoms with Gasteiger partial charge in [-0.2, -0.15) is 0 Å². The SMILES string of the molecule is CC(C)N(CC(N)=O)C(=O)[C@@H]1CCNC1. The molecule has 86 valence electrons. The Morgan fingerprint density at radius 2 is 2.20 bits per heavy atom. The summed E-state index contributed by atoms with van der Waals surface area (Å²) in [6, 6.07) is 0.0191. The van der Waals surface area contributed by atoms with Crippen LogP contribution in [-0.4, -0.2) is 42.4 Å². The Bertz CT molecular complexity index is 247. The summed E-state index contributed by atoms with van der Waals surface area (Å²) in [7, 11) is 0. The van der Waals surface area contributed by atoms with Gasteiger partial charge >= 0.3 is 0 Å². The Balaban J connectivity index is 2.61. The minimum absolute atomic E-state index is 0.00625. The number of primary amides is 1. The lowest BCUT2D eigenvalue weighted by molar-refractivity contribution is -0.140. The lowest BCUT2D eigenvalue weighted by Gasteiger charge is -2.27. The molecule has 1 saturated heterocycles. The van der Waals surface area contributed by atoms with Crippen LogP contribution in [0.2, 0.25) is 0 Å². The molecule has 15 heavy (non-hydrogen) atoms. The third-order valence-electron chi connectivity index (χ3n) is 2.64. The van der Waals surface area contributed by atoms with Crippen LogP contribution < -0.4 is 11.1 Å². The number of hydrogen-bond acceptors (Lipinski definition) is 3. The van der Waals surface area contributed by atoms with Gasteiger partial charge in [0.15, 0.2) is 0 Å². The Hall–Kier alpha value is -1.10. The second kappa shape index (κ2) is 5.11. The molecule has 1 heterocycles. The highest BCUT2D eigenvalue weighted by molar-refractivity contribution is 5.85. The summed E-state index contributed by atoms with van der Waals surface area (Å²) in [5, 5.41) is 3.14. The number of hydrogen-bond donors (Lipinski definition) is 2. The van der Waals surface area contributed by atoms with Crippen molar-refractivity contribution in [3.63, 3.8) is 0 Å². The van der Waals surface area contributed by atoms with Crippen LogP contribution in [0.3, 0.4) is 0 Å². The molecule has 0 unspecified atom stereocenters. The lowest BCUT2D eigenvalue weighted by Crippen LogP contribution is -2.46. The molecule has 1 atom stereocenters. The minimum Gasteiger partial charge on any atom is -0.368 e. The Morgan fingerprint density at radius 3 is 2.60 bits per heavy atom. The Kier molecular flexibility index (Phi) is 4.08. The normalized spacial score (nSPS) is 20.6. The first kappa shape index (κ1) is 12.0. The molecule has 1 fully saturated rings. The highest BCUT2D eigenvalue weighted by Crippen LogP contribution is 2.13. The van der Waals surface area contributed by atoms with Gasteiger partial charge in [0.25, 0.3) is 0 Å². The van der Waals surface area contributed by atoms with Crippen LogP contribution in [0, 0.1) is 5.92 Å². The molecule has 3 N–H and O–H groups in total. The third-order valence-corrected chi connectivity index (χ3v) is 2.64. The van der Waals surface area contributed by atoms with Crippen molar-refractivity contribution < 1.29 is 9.59 Å². The van der Waals surface area contributed by atoms with E-state index in [2.05, 4.69) is 5.32 Å². The number of carbonyl (C=O) groups is 2. The fraction of sp³-hybridized carbons (Fsp3) is 0.800. The van der Waals surface area contributed by atoms with Gasteiger partial charge in [-0.1, -0.05) is 0 Å². The number of amides is 2. The van der Waals surface area contributed by atoms with Crippen LogP contribution in [0.25, 0.3) is 0 Å². The minimum atomic E-state index is -0.456. The number of rotatable bonds is 4. The van der Waals surface area contributed by atoms with Crippen molar-refractivity contribution in [3.05, 3.63) is 0 Å². The molecule has 1 aliphatic heterocycles. The first-order valence-electron chi connectivity index (χ1n) is 5.32. The Morgan fingerprint density at radius 1 is 1.53 bits per heavy atom. The fourth-order valence-electron chi connectivity index (χ4n) is 1.78. The van der Waals surface area contributed by atoms with E-state index in [1.807, 2.05) is 13.8 Å². The molecule has 0 aromatic carbocycles. The summed E-state index contributed by atoms with van der Waals surface area (Å²) in [6.07, 6.45) is 0.848. The predicted octanol–water partition coefficient (Wildman–Crippen LogP) is -0.682. The van der Waals surface area contributed by atoms with Gasteiger partial charge in [-0.25, -0.2) is 0 Å². The molecule has 0 aromatic heterocycles. The third kappa shape index (κ3) is 3.20. The van der Waals surface area contributed by atoms with Crippen molar-refractivity contribution in [2.24, 2.45) is 11.7 Å². The molecule has 0 aromatic rings. The van der Waals surface area contributed by atoms with Gasteiger partial charge in [0.1, 0.15) is 0 Å². The highest BCUT2D eigenvalue weighted by atomic mass is 16.2. The van der Waals surface area contributed by atoms with Gasteiger partial charge in [0.2, 0.25) is 11.8 Å². The first-order valence-corrected chi connectivity index (χ1v) is 5.32.